The van der Waals surface area contributed by atoms with Crippen molar-refractivity contribution in [2.45, 2.75) is 563 Å². The van der Waals surface area contributed by atoms with Gasteiger partial charge in [-0.05, 0) is 269 Å². The van der Waals surface area contributed by atoms with Gasteiger partial charge in [0.2, 0.25) is 5.91 Å². The lowest BCUT2D eigenvalue weighted by atomic mass is 9.88. The topological polar surface area (TPSA) is 109 Å². The monoisotopic (exact) mass is 2020 g/mol. The minimum absolute atomic E-state index is 0.186. The van der Waals surface area contributed by atoms with Crippen molar-refractivity contribution in [2.24, 2.45) is 160 Å². The number of rotatable bonds is 61. The van der Waals surface area contributed by atoms with E-state index in [-0.39, 0.29) is 5.91 Å². The summed E-state index contributed by atoms with van der Waals surface area (Å²) < 4.78 is 21.4. The molecule has 0 aliphatic carbocycles. The van der Waals surface area contributed by atoms with Gasteiger partial charge in [0.05, 0.1) is 11.4 Å². The van der Waals surface area contributed by atoms with Crippen molar-refractivity contribution in [3.05, 3.63) is 35.0 Å². The van der Waals surface area contributed by atoms with Gasteiger partial charge in [-0.3, -0.25) is 4.79 Å². The molecule has 2 aromatic heterocycles. The molecule has 2 aromatic rings. The number of likely N-dealkylation sites (tertiary alicyclic amines) is 3. The first-order valence-corrected chi connectivity index (χ1v) is 62.1. The molecule has 0 radical (unpaired) electrons. The second-order valence-electron chi connectivity index (χ2n) is 54.6. The third-order valence-electron chi connectivity index (χ3n) is 27.2. The maximum absolute atomic E-state index is 11.1. The van der Waals surface area contributed by atoms with Crippen LogP contribution in [0.3, 0.4) is 0 Å². The number of ether oxygens (including phenoxy) is 2. The smallest absolute Gasteiger partial charge is 0.220 e. The molecule has 0 spiro atoms. The van der Waals surface area contributed by atoms with E-state index in [1.54, 1.807) is 0 Å². The van der Waals surface area contributed by atoms with Gasteiger partial charge in [0, 0.05) is 97.1 Å². The Morgan fingerprint density at radius 2 is 0.643 bits per heavy atom. The number of nitrogens with one attached hydrogen (secondary N) is 1. The number of aryl methyl sites for hydroxylation is 1. The molecule has 11 heteroatoms. The van der Waals surface area contributed by atoms with E-state index in [1.165, 1.54) is 245 Å². The van der Waals surface area contributed by atoms with Gasteiger partial charge in [0.1, 0.15) is 11.5 Å². The van der Waals surface area contributed by atoms with Gasteiger partial charge in [-0.1, -0.05) is 472 Å². The molecule has 0 aromatic carbocycles. The van der Waals surface area contributed by atoms with E-state index in [1.807, 2.05) is 0 Å². The quantitative estimate of drug-likeness (QED) is 0.0643. The summed E-state index contributed by atoms with van der Waals surface area (Å²) >= 11 is 0. The summed E-state index contributed by atoms with van der Waals surface area (Å²) in [7, 11) is 0. The number of hydrogen-bond acceptors (Lipinski definition) is 10. The summed E-state index contributed by atoms with van der Waals surface area (Å²) in [5, 5.41) is 11.0. The Labute approximate surface area is 904 Å². The third-order valence-corrected chi connectivity index (χ3v) is 27.2. The fourth-order valence-corrected chi connectivity index (χ4v) is 15.9. The maximum Gasteiger partial charge on any atom is 0.220 e. The highest BCUT2D eigenvalue weighted by atomic mass is 16.5. The molecule has 143 heavy (non-hydrogen) atoms. The van der Waals surface area contributed by atoms with Crippen molar-refractivity contribution in [1.82, 2.24) is 30.3 Å². The van der Waals surface area contributed by atoms with Gasteiger partial charge in [-0.2, -0.15) is 0 Å². The number of carbonyl (C=O) groups is 1. The summed E-state index contributed by atoms with van der Waals surface area (Å²) in [6.07, 6.45) is 44.9. The third kappa shape index (κ3) is 123. The molecule has 3 aliphatic rings. The highest BCUT2D eigenvalue weighted by Gasteiger charge is 2.30. The average molecular weight is 2030 g/mol. The number of hydrogen-bond donors (Lipinski definition) is 1. The largest absolute Gasteiger partial charge is 0.381 e. The first-order chi connectivity index (χ1) is 66.6. The Bertz CT molecular complexity index is 2640. The SMILES string of the molecule is CC(C)CCCCC(C)C.CC(C)CCCCC(C)C(C)C.CC(C)CCCCCC(C)C.CC(C)CCCCCCC(C)C.CC(C)CCCOCC(C)C.CC(C)CCN1CC(C(C)C)C1.CC(C)CCN1CC(C(C)C)C1.CC(C)CCN1CCCC(C(C)C)C1.CC(C)CCNC(=O)CC(C)C.CC(C)CCOCCC(C)C.CC(C)CCc1cc(C(C)C)no1.CC(C)Cc1cc(CC(C)C)on1. The summed E-state index contributed by atoms with van der Waals surface area (Å²) in [4.78, 5) is 19.0. The van der Waals surface area contributed by atoms with Crippen molar-refractivity contribution in [3.63, 3.8) is 0 Å². The molecule has 5 heterocycles. The van der Waals surface area contributed by atoms with Gasteiger partial charge in [-0.15, -0.1) is 0 Å². The molecule has 2 unspecified atom stereocenters. The van der Waals surface area contributed by atoms with Crippen LogP contribution in [-0.2, 0) is 33.5 Å². The van der Waals surface area contributed by atoms with Crippen LogP contribution in [0.25, 0.3) is 0 Å². The van der Waals surface area contributed by atoms with Crippen LogP contribution in [0.1, 0.15) is 567 Å². The van der Waals surface area contributed by atoms with Crippen molar-refractivity contribution in [2.75, 3.05) is 91.9 Å². The summed E-state index contributed by atoms with van der Waals surface area (Å²) in [5.41, 5.74) is 2.16. The Hall–Kier alpha value is -2.31. The second kappa shape index (κ2) is 102. The van der Waals surface area contributed by atoms with Crippen molar-refractivity contribution >= 4 is 5.91 Å². The Kier molecular flexibility index (Phi) is 109. The summed E-state index contributed by atoms with van der Waals surface area (Å²) in [6, 6.07) is 4.16. The van der Waals surface area contributed by atoms with Crippen LogP contribution >= 0.6 is 0 Å². The molecular formula is C132H274N6O5. The van der Waals surface area contributed by atoms with Gasteiger partial charge in [0.15, 0.2) is 0 Å². The first-order valence-electron chi connectivity index (χ1n) is 62.1. The van der Waals surface area contributed by atoms with Gasteiger partial charge in [-0.25, -0.2) is 0 Å². The molecule has 2 atom stereocenters. The lowest BCUT2D eigenvalue weighted by Crippen LogP contribution is -2.49. The van der Waals surface area contributed by atoms with Crippen LogP contribution in [0.4, 0.5) is 0 Å². The van der Waals surface area contributed by atoms with Crippen molar-refractivity contribution in [3.8, 4) is 0 Å². The van der Waals surface area contributed by atoms with Crippen molar-refractivity contribution < 1.29 is 23.3 Å². The molecule has 862 valence electrons. The zero-order valence-corrected chi connectivity index (χ0v) is 108. The minimum Gasteiger partial charge on any atom is -0.381 e. The first kappa shape index (κ1) is 154. The van der Waals surface area contributed by atoms with E-state index >= 15 is 0 Å². The number of unbranched alkanes of at least 4 members (excludes halogenated alkanes) is 7. The highest BCUT2D eigenvalue weighted by molar-refractivity contribution is 5.76. The number of amides is 1. The van der Waals surface area contributed by atoms with E-state index in [0.717, 1.165) is 212 Å². The predicted octanol–water partition coefficient (Wildman–Crippen LogP) is 40.7. The van der Waals surface area contributed by atoms with Gasteiger partial charge in [0.25, 0.3) is 0 Å². The maximum atomic E-state index is 11.1. The summed E-state index contributed by atoms with van der Waals surface area (Å²) in [6.45, 7) is 128. The van der Waals surface area contributed by atoms with Crippen LogP contribution in [0, 0.1) is 160 Å². The number of piperidine rings is 1. The number of carbonyl (C=O) groups excluding carboxylic acids is 1. The van der Waals surface area contributed by atoms with Crippen LogP contribution in [0.5, 0.6) is 0 Å². The zero-order valence-electron chi connectivity index (χ0n) is 108. The van der Waals surface area contributed by atoms with E-state index in [0.29, 0.717) is 41.9 Å². The Morgan fingerprint density at radius 3 is 0.965 bits per heavy atom. The zero-order chi connectivity index (χ0) is 111. The molecule has 3 fully saturated rings. The fourth-order valence-electron chi connectivity index (χ4n) is 15.9. The molecule has 11 nitrogen and oxygen atoms in total. The van der Waals surface area contributed by atoms with E-state index in [4.69, 9.17) is 18.5 Å². The Morgan fingerprint density at radius 1 is 0.315 bits per heavy atom. The summed E-state index contributed by atoms with van der Waals surface area (Å²) in [5.74, 6) is 25.1. The molecule has 1 N–H and O–H groups in total. The van der Waals surface area contributed by atoms with Gasteiger partial charge < -0.3 is 38.5 Å². The van der Waals surface area contributed by atoms with Crippen molar-refractivity contribution in [1.29, 1.82) is 0 Å². The number of nitrogens with zero attached hydrogens (tertiary/aromatic N) is 5. The molecule has 0 saturated carbocycles. The molecule has 3 saturated heterocycles. The fraction of sp³-hybridized carbons (Fsp3) is 0.947. The normalized spacial score (nSPS) is 14.5. The second-order valence-corrected chi connectivity index (χ2v) is 54.6. The average Bonchev–Trinajstić information content (AvgIpc) is 1.75. The van der Waals surface area contributed by atoms with Gasteiger partial charge >= 0.3 is 0 Å². The lowest BCUT2D eigenvalue weighted by Gasteiger charge is -2.42. The molecule has 5 rings (SSSR count). The van der Waals surface area contributed by atoms with E-state index in [2.05, 4.69) is 382 Å². The molecule has 0 bridgehead atoms. The Balaban J connectivity index is -0.000000282. The number of aromatic nitrogens is 2. The minimum atomic E-state index is 0.186. The lowest BCUT2D eigenvalue weighted by molar-refractivity contribution is -0.121. The predicted molar refractivity (Wildman–Crippen MR) is 646 cm³/mol. The van der Waals surface area contributed by atoms with Crippen LogP contribution in [0.15, 0.2) is 21.2 Å². The molecule has 3 aliphatic heterocycles. The molecule has 1 amide bonds. The van der Waals surface area contributed by atoms with E-state index in [9.17, 15) is 4.79 Å². The van der Waals surface area contributed by atoms with E-state index < -0.39 is 0 Å². The van der Waals surface area contributed by atoms with Crippen LogP contribution in [0.2, 0.25) is 0 Å². The van der Waals surface area contributed by atoms with Crippen LogP contribution < -0.4 is 5.32 Å². The highest BCUT2D eigenvalue weighted by Crippen LogP contribution is 2.29. The molecular weight excluding hydrogens is 1750 g/mol. The standard InChI is InChI=1S/C13H27N.2C12H26.2C11H19NO.2C11H23N.C11H24.C10H21NO.2C10H22O.C10H22/c1-11(2)7-9-14-8-5-6-13(10-14)12(3)4;1-10(2)8-6-7-9-12(5)11(3)4;1-11(2)9-7-5-6-8-10-12(3)4;1-8(2)5-10-7-11(13-12-10)6-9(3)4;1-8(2)5-6-10-7-11(9(3)4)12-13-10;2*1-9(2)5-6-12-7-11(8-12)10(3)4;1-10(2)8-6-5-7-9-11(3)4;1-8(2)5-6-11-10(12)7-9(3)4;1-9(2)5-7-11-8-6-10(3)4;1-9(2)6-5-7-11-8-10(3)4;1-9(2)7-5-6-8-10(3)4/h11-13H,5-10H2,1-4H3;10-12H,6-9H2,1-5H3;11-12H,5-10H2,1-4H3;2*7-9H,5-6H2,1-4H3;2*9-11H,5-8H2,1-4H3;10-11H,5-9H2,1-4H3;8-9H,5-7H2,1-4H3,(H,11,12);2*9-10H,5-8H2,1-4H3;9-10H,5-8H2,1-4H3. The van der Waals surface area contributed by atoms with Crippen LogP contribution in [-0.4, -0.2) is 123 Å².